The van der Waals surface area contributed by atoms with E-state index in [1.165, 1.54) is 5.56 Å². The van der Waals surface area contributed by atoms with Gasteiger partial charge in [0.05, 0.1) is 13.2 Å². The van der Waals surface area contributed by atoms with Gasteiger partial charge < -0.3 is 4.74 Å². The number of hydrogen-bond donors (Lipinski definition) is 0. The summed E-state index contributed by atoms with van der Waals surface area (Å²) in [5, 5.41) is 0. The number of benzene rings is 1. The van der Waals surface area contributed by atoms with Crippen molar-refractivity contribution in [3.63, 3.8) is 0 Å². The summed E-state index contributed by atoms with van der Waals surface area (Å²) in [7, 11) is 0. The van der Waals surface area contributed by atoms with Gasteiger partial charge in [0.25, 0.3) is 0 Å². The highest BCUT2D eigenvalue weighted by Gasteiger charge is 2.20. The zero-order valence-electron chi connectivity index (χ0n) is 9.64. The highest BCUT2D eigenvalue weighted by atomic mass is 16.5. The minimum absolute atomic E-state index is 0.461. The van der Waals surface area contributed by atoms with E-state index in [0.717, 1.165) is 32.7 Å². The van der Waals surface area contributed by atoms with E-state index in [4.69, 9.17) is 4.74 Å². The van der Waals surface area contributed by atoms with Crippen molar-refractivity contribution in [2.75, 3.05) is 26.3 Å². The minimum atomic E-state index is 0.461. The van der Waals surface area contributed by atoms with Crippen LogP contribution in [0.2, 0.25) is 0 Å². The van der Waals surface area contributed by atoms with Gasteiger partial charge >= 0.3 is 0 Å². The summed E-state index contributed by atoms with van der Waals surface area (Å²) in [6, 6.07) is 11.1. The fraction of sp³-hybridized carbons (Fsp3) is 0.429. The van der Waals surface area contributed by atoms with E-state index in [1.807, 2.05) is 6.08 Å². The summed E-state index contributed by atoms with van der Waals surface area (Å²) in [4.78, 5) is 2.49. The Labute approximate surface area is 97.5 Å². The van der Waals surface area contributed by atoms with Crippen LogP contribution in [-0.2, 0) is 4.74 Å². The Bertz CT molecular complexity index is 317. The molecule has 1 fully saturated rings. The summed E-state index contributed by atoms with van der Waals surface area (Å²) >= 11 is 0. The van der Waals surface area contributed by atoms with Gasteiger partial charge in [0, 0.05) is 19.1 Å². The standard InChI is InChI=1S/C14H19NO/c1-2-6-14(13-7-4-3-5-8-13)15-9-11-16-12-10-15/h2-5,7-8,14H,1,6,9-12H2. The molecule has 0 amide bonds. The second kappa shape index (κ2) is 5.83. The fourth-order valence-corrected chi connectivity index (χ4v) is 2.22. The molecule has 1 aliphatic heterocycles. The molecule has 2 heteroatoms. The molecule has 0 aliphatic carbocycles. The predicted octanol–water partition coefficient (Wildman–Crippen LogP) is 2.64. The van der Waals surface area contributed by atoms with Crippen molar-refractivity contribution in [2.45, 2.75) is 12.5 Å². The van der Waals surface area contributed by atoms with Gasteiger partial charge in [0.2, 0.25) is 0 Å². The number of nitrogens with zero attached hydrogens (tertiary/aromatic N) is 1. The molecule has 0 bridgehead atoms. The summed E-state index contributed by atoms with van der Waals surface area (Å²) in [6.45, 7) is 7.60. The summed E-state index contributed by atoms with van der Waals surface area (Å²) in [5.74, 6) is 0. The van der Waals surface area contributed by atoms with Crippen LogP contribution in [0.25, 0.3) is 0 Å². The molecular weight excluding hydrogens is 198 g/mol. The molecule has 1 atom stereocenters. The van der Waals surface area contributed by atoms with Crippen LogP contribution in [0.15, 0.2) is 43.0 Å². The van der Waals surface area contributed by atoms with Gasteiger partial charge in [-0.15, -0.1) is 6.58 Å². The molecule has 1 heterocycles. The maximum atomic E-state index is 5.40. The van der Waals surface area contributed by atoms with Crippen LogP contribution in [0, 0.1) is 0 Å². The molecule has 0 saturated carbocycles. The third kappa shape index (κ3) is 2.71. The van der Waals surface area contributed by atoms with Crippen LogP contribution in [0.5, 0.6) is 0 Å². The van der Waals surface area contributed by atoms with Crippen molar-refractivity contribution in [1.29, 1.82) is 0 Å². The molecule has 0 radical (unpaired) electrons. The first-order chi connectivity index (χ1) is 7.92. The molecule has 1 saturated heterocycles. The average molecular weight is 217 g/mol. The van der Waals surface area contributed by atoms with Crippen molar-refractivity contribution < 1.29 is 4.74 Å². The lowest BCUT2D eigenvalue weighted by atomic mass is 10.0. The zero-order chi connectivity index (χ0) is 11.2. The monoisotopic (exact) mass is 217 g/mol. The van der Waals surface area contributed by atoms with Crippen LogP contribution < -0.4 is 0 Å². The molecule has 2 rings (SSSR count). The topological polar surface area (TPSA) is 12.5 Å². The van der Waals surface area contributed by atoms with E-state index in [1.54, 1.807) is 0 Å². The lowest BCUT2D eigenvalue weighted by molar-refractivity contribution is 0.0166. The van der Waals surface area contributed by atoms with E-state index < -0.39 is 0 Å². The minimum Gasteiger partial charge on any atom is -0.379 e. The maximum Gasteiger partial charge on any atom is 0.0594 e. The van der Waals surface area contributed by atoms with Gasteiger partial charge in [-0.1, -0.05) is 36.4 Å². The van der Waals surface area contributed by atoms with Crippen molar-refractivity contribution in [2.24, 2.45) is 0 Å². The van der Waals surface area contributed by atoms with E-state index in [2.05, 4.69) is 41.8 Å². The van der Waals surface area contributed by atoms with Gasteiger partial charge in [0.15, 0.2) is 0 Å². The van der Waals surface area contributed by atoms with Crippen LogP contribution in [0.3, 0.4) is 0 Å². The number of hydrogen-bond acceptors (Lipinski definition) is 2. The highest BCUT2D eigenvalue weighted by Crippen LogP contribution is 2.25. The van der Waals surface area contributed by atoms with E-state index in [9.17, 15) is 0 Å². The third-order valence-electron chi connectivity index (χ3n) is 3.06. The molecule has 1 aromatic carbocycles. The molecule has 0 spiro atoms. The Morgan fingerprint density at radius 3 is 2.56 bits per heavy atom. The van der Waals surface area contributed by atoms with E-state index in [0.29, 0.717) is 6.04 Å². The number of morpholine rings is 1. The third-order valence-corrected chi connectivity index (χ3v) is 3.06. The highest BCUT2D eigenvalue weighted by molar-refractivity contribution is 5.19. The largest absolute Gasteiger partial charge is 0.379 e. The van der Waals surface area contributed by atoms with Gasteiger partial charge in [-0.2, -0.15) is 0 Å². The van der Waals surface area contributed by atoms with Crippen LogP contribution in [-0.4, -0.2) is 31.2 Å². The fourth-order valence-electron chi connectivity index (χ4n) is 2.22. The molecule has 16 heavy (non-hydrogen) atoms. The molecule has 0 N–H and O–H groups in total. The predicted molar refractivity (Wildman–Crippen MR) is 66.4 cm³/mol. The summed E-state index contributed by atoms with van der Waals surface area (Å²) in [5.41, 5.74) is 1.38. The first kappa shape index (κ1) is 11.4. The van der Waals surface area contributed by atoms with Crippen molar-refractivity contribution in [1.82, 2.24) is 4.90 Å². The quantitative estimate of drug-likeness (QED) is 0.719. The molecular formula is C14H19NO. The second-order valence-electron chi connectivity index (χ2n) is 4.10. The molecule has 2 nitrogen and oxygen atoms in total. The molecule has 1 aromatic rings. The smallest absolute Gasteiger partial charge is 0.0594 e. The van der Waals surface area contributed by atoms with Gasteiger partial charge in [0.1, 0.15) is 0 Å². The Kier molecular flexibility index (Phi) is 4.14. The summed E-state index contributed by atoms with van der Waals surface area (Å²) < 4.78 is 5.40. The zero-order valence-corrected chi connectivity index (χ0v) is 9.64. The Morgan fingerprint density at radius 2 is 1.94 bits per heavy atom. The molecule has 1 aliphatic rings. The summed E-state index contributed by atoms with van der Waals surface area (Å²) in [6.07, 6.45) is 3.01. The van der Waals surface area contributed by atoms with Crippen LogP contribution in [0.1, 0.15) is 18.0 Å². The SMILES string of the molecule is C=CCC(c1ccccc1)N1CCOCC1. The lowest BCUT2D eigenvalue weighted by Crippen LogP contribution is -2.38. The van der Waals surface area contributed by atoms with Crippen molar-refractivity contribution in [3.05, 3.63) is 48.6 Å². The first-order valence-corrected chi connectivity index (χ1v) is 5.89. The van der Waals surface area contributed by atoms with Gasteiger partial charge in [-0.05, 0) is 12.0 Å². The Morgan fingerprint density at radius 1 is 1.25 bits per heavy atom. The number of ether oxygens (including phenoxy) is 1. The first-order valence-electron chi connectivity index (χ1n) is 5.89. The normalized spacial score (nSPS) is 19.2. The average Bonchev–Trinajstić information content (AvgIpc) is 2.38. The van der Waals surface area contributed by atoms with Gasteiger partial charge in [-0.25, -0.2) is 0 Å². The second-order valence-corrected chi connectivity index (χ2v) is 4.10. The molecule has 1 unspecified atom stereocenters. The van der Waals surface area contributed by atoms with Crippen molar-refractivity contribution >= 4 is 0 Å². The van der Waals surface area contributed by atoms with E-state index in [-0.39, 0.29) is 0 Å². The maximum absolute atomic E-state index is 5.40. The number of rotatable bonds is 4. The Balaban J connectivity index is 2.12. The van der Waals surface area contributed by atoms with E-state index >= 15 is 0 Å². The van der Waals surface area contributed by atoms with Crippen LogP contribution in [0.4, 0.5) is 0 Å². The van der Waals surface area contributed by atoms with Crippen LogP contribution >= 0.6 is 0 Å². The van der Waals surface area contributed by atoms with Gasteiger partial charge in [-0.3, -0.25) is 4.90 Å². The Hall–Kier alpha value is -1.12. The molecule has 0 aromatic heterocycles. The molecule has 86 valence electrons. The van der Waals surface area contributed by atoms with Crippen molar-refractivity contribution in [3.8, 4) is 0 Å². The lowest BCUT2D eigenvalue weighted by Gasteiger charge is -2.34.